The van der Waals surface area contributed by atoms with Crippen LogP contribution in [0.2, 0.25) is 0 Å². The van der Waals surface area contributed by atoms with Gasteiger partial charge in [0.05, 0.1) is 0 Å². The number of hydrogen-bond donors (Lipinski definition) is 1. The molecule has 19 heavy (non-hydrogen) atoms. The van der Waals surface area contributed by atoms with E-state index in [0.29, 0.717) is 0 Å². The summed E-state index contributed by atoms with van der Waals surface area (Å²) in [6, 6.07) is 6.51. The van der Waals surface area contributed by atoms with Crippen LogP contribution in [0, 0.1) is 6.92 Å². The predicted octanol–water partition coefficient (Wildman–Crippen LogP) is 5.90. The Kier molecular flexibility index (Phi) is 8.40. The van der Waals surface area contributed by atoms with Crippen molar-refractivity contribution in [3.05, 3.63) is 33.8 Å². The lowest BCUT2D eigenvalue weighted by atomic mass is 9.97. The highest BCUT2D eigenvalue weighted by atomic mass is 79.9. The first-order valence-corrected chi connectivity index (χ1v) is 8.46. The van der Waals surface area contributed by atoms with Gasteiger partial charge in [0.1, 0.15) is 0 Å². The molecule has 1 nitrogen and oxygen atoms in total. The van der Waals surface area contributed by atoms with Gasteiger partial charge in [-0.2, -0.15) is 0 Å². The molecule has 0 aliphatic heterocycles. The van der Waals surface area contributed by atoms with Crippen LogP contribution < -0.4 is 5.73 Å². The smallest absolute Gasteiger partial charge is 0.0297 e. The standard InChI is InChI=1S/C17H28BrN/c1-3-4-5-6-7-8-9-13-17(19)15-11-10-12-16(18)14(15)2/h10-12,17H,3-9,13,19H2,1-2H3. The van der Waals surface area contributed by atoms with Gasteiger partial charge in [-0.05, 0) is 30.5 Å². The van der Waals surface area contributed by atoms with E-state index in [4.69, 9.17) is 5.73 Å². The Balaban J connectivity index is 2.24. The lowest BCUT2D eigenvalue weighted by Crippen LogP contribution is -2.11. The van der Waals surface area contributed by atoms with Crippen molar-refractivity contribution in [3.63, 3.8) is 0 Å². The molecule has 2 heteroatoms. The zero-order valence-corrected chi connectivity index (χ0v) is 14.0. The van der Waals surface area contributed by atoms with Crippen LogP contribution in [-0.2, 0) is 0 Å². The molecule has 1 rings (SSSR count). The summed E-state index contributed by atoms with van der Waals surface area (Å²) in [6.07, 6.45) is 10.5. The van der Waals surface area contributed by atoms with Gasteiger partial charge in [0.2, 0.25) is 0 Å². The maximum atomic E-state index is 6.31. The van der Waals surface area contributed by atoms with E-state index >= 15 is 0 Å². The largest absolute Gasteiger partial charge is 0.324 e. The van der Waals surface area contributed by atoms with Gasteiger partial charge >= 0.3 is 0 Å². The molecule has 0 saturated carbocycles. The van der Waals surface area contributed by atoms with E-state index in [9.17, 15) is 0 Å². The van der Waals surface area contributed by atoms with E-state index in [-0.39, 0.29) is 6.04 Å². The summed E-state index contributed by atoms with van der Waals surface area (Å²) in [4.78, 5) is 0. The molecule has 0 aliphatic carbocycles. The molecule has 1 atom stereocenters. The maximum absolute atomic E-state index is 6.31. The summed E-state index contributed by atoms with van der Waals surface area (Å²) in [5.41, 5.74) is 8.89. The van der Waals surface area contributed by atoms with E-state index < -0.39 is 0 Å². The molecule has 0 aliphatic rings. The molecule has 1 unspecified atom stereocenters. The van der Waals surface area contributed by atoms with Crippen LogP contribution in [0.25, 0.3) is 0 Å². The summed E-state index contributed by atoms with van der Waals surface area (Å²) in [7, 11) is 0. The Morgan fingerprint density at radius 3 is 2.37 bits per heavy atom. The minimum Gasteiger partial charge on any atom is -0.324 e. The van der Waals surface area contributed by atoms with Crippen LogP contribution in [0.15, 0.2) is 22.7 Å². The third-order valence-corrected chi connectivity index (χ3v) is 4.69. The Morgan fingerprint density at radius 1 is 1.05 bits per heavy atom. The normalized spacial score (nSPS) is 12.6. The fourth-order valence-electron chi connectivity index (χ4n) is 2.50. The molecule has 1 aromatic rings. The van der Waals surface area contributed by atoms with Crippen LogP contribution in [-0.4, -0.2) is 0 Å². The van der Waals surface area contributed by atoms with Crippen molar-refractivity contribution in [2.24, 2.45) is 5.73 Å². The molecule has 1 aromatic carbocycles. The first kappa shape index (κ1) is 16.7. The minimum atomic E-state index is 0.188. The quantitative estimate of drug-likeness (QED) is 0.562. The number of nitrogens with two attached hydrogens (primary N) is 1. The van der Waals surface area contributed by atoms with Crippen LogP contribution in [0.3, 0.4) is 0 Å². The van der Waals surface area contributed by atoms with Gasteiger partial charge in [0.15, 0.2) is 0 Å². The van der Waals surface area contributed by atoms with E-state index in [1.165, 1.54) is 60.5 Å². The van der Waals surface area contributed by atoms with Crippen molar-refractivity contribution >= 4 is 15.9 Å². The molecule has 2 N–H and O–H groups in total. The Hall–Kier alpha value is -0.340. The molecular formula is C17H28BrN. The zero-order valence-electron chi connectivity index (χ0n) is 12.4. The fourth-order valence-corrected chi connectivity index (χ4v) is 2.88. The van der Waals surface area contributed by atoms with Crippen molar-refractivity contribution in [1.29, 1.82) is 0 Å². The number of unbranched alkanes of at least 4 members (excludes halogenated alkanes) is 6. The van der Waals surface area contributed by atoms with Crippen molar-refractivity contribution in [2.75, 3.05) is 0 Å². The molecule has 0 saturated heterocycles. The van der Waals surface area contributed by atoms with Crippen molar-refractivity contribution < 1.29 is 0 Å². The third kappa shape index (κ3) is 6.09. The molecule has 0 radical (unpaired) electrons. The lowest BCUT2D eigenvalue weighted by molar-refractivity contribution is 0.540. The van der Waals surface area contributed by atoms with Crippen LogP contribution in [0.1, 0.15) is 75.5 Å². The van der Waals surface area contributed by atoms with E-state index in [1.807, 2.05) is 0 Å². The zero-order chi connectivity index (χ0) is 14.1. The van der Waals surface area contributed by atoms with E-state index in [0.717, 1.165) is 6.42 Å². The van der Waals surface area contributed by atoms with Crippen molar-refractivity contribution in [1.82, 2.24) is 0 Å². The van der Waals surface area contributed by atoms with Crippen molar-refractivity contribution in [2.45, 2.75) is 71.3 Å². The molecule has 0 spiro atoms. The topological polar surface area (TPSA) is 26.0 Å². The summed E-state index contributed by atoms with van der Waals surface area (Å²) >= 11 is 3.58. The predicted molar refractivity (Wildman–Crippen MR) is 88.4 cm³/mol. The summed E-state index contributed by atoms with van der Waals surface area (Å²) in [5.74, 6) is 0. The molecular weight excluding hydrogens is 298 g/mol. The second-order valence-electron chi connectivity index (χ2n) is 5.47. The molecule has 0 heterocycles. The first-order chi connectivity index (χ1) is 9.16. The van der Waals surface area contributed by atoms with Crippen LogP contribution >= 0.6 is 15.9 Å². The highest BCUT2D eigenvalue weighted by Gasteiger charge is 2.09. The third-order valence-electron chi connectivity index (χ3n) is 3.83. The second-order valence-corrected chi connectivity index (χ2v) is 6.32. The maximum Gasteiger partial charge on any atom is 0.0297 e. The second kappa shape index (κ2) is 9.55. The first-order valence-electron chi connectivity index (χ1n) is 7.67. The van der Waals surface area contributed by atoms with Gasteiger partial charge < -0.3 is 5.73 Å². The minimum absolute atomic E-state index is 0.188. The van der Waals surface area contributed by atoms with Gasteiger partial charge in [0.25, 0.3) is 0 Å². The highest BCUT2D eigenvalue weighted by Crippen LogP contribution is 2.26. The van der Waals surface area contributed by atoms with Crippen LogP contribution in [0.4, 0.5) is 0 Å². The van der Waals surface area contributed by atoms with E-state index in [1.54, 1.807) is 0 Å². The number of hydrogen-bond acceptors (Lipinski definition) is 1. The van der Waals surface area contributed by atoms with Gasteiger partial charge in [-0.25, -0.2) is 0 Å². The Labute approximate surface area is 127 Å². The molecule has 0 amide bonds. The summed E-state index contributed by atoms with van der Waals surface area (Å²) < 4.78 is 1.17. The average molecular weight is 326 g/mol. The average Bonchev–Trinajstić information content (AvgIpc) is 2.40. The van der Waals surface area contributed by atoms with Crippen molar-refractivity contribution in [3.8, 4) is 0 Å². The van der Waals surface area contributed by atoms with Crippen LogP contribution in [0.5, 0.6) is 0 Å². The summed E-state index contributed by atoms with van der Waals surface area (Å²) in [6.45, 7) is 4.41. The molecule has 108 valence electrons. The monoisotopic (exact) mass is 325 g/mol. The van der Waals surface area contributed by atoms with Gasteiger partial charge in [-0.15, -0.1) is 0 Å². The molecule has 0 aromatic heterocycles. The van der Waals surface area contributed by atoms with E-state index in [2.05, 4.69) is 48.0 Å². The lowest BCUT2D eigenvalue weighted by Gasteiger charge is -2.15. The molecule has 0 bridgehead atoms. The number of rotatable bonds is 9. The van der Waals surface area contributed by atoms with Gasteiger partial charge in [-0.1, -0.05) is 79.9 Å². The number of benzene rings is 1. The van der Waals surface area contributed by atoms with Gasteiger partial charge in [0, 0.05) is 10.5 Å². The summed E-state index contributed by atoms with van der Waals surface area (Å²) in [5, 5.41) is 0. The highest BCUT2D eigenvalue weighted by molar-refractivity contribution is 9.10. The Morgan fingerprint density at radius 2 is 1.68 bits per heavy atom. The SMILES string of the molecule is CCCCCCCCCC(N)c1cccc(Br)c1C. The number of halogens is 1. The Bertz CT molecular complexity index is 362. The fraction of sp³-hybridized carbons (Fsp3) is 0.647. The van der Waals surface area contributed by atoms with Gasteiger partial charge in [-0.3, -0.25) is 0 Å². The molecule has 0 fully saturated rings.